The van der Waals surface area contributed by atoms with Crippen LogP contribution in [-0.4, -0.2) is 42.9 Å². The van der Waals surface area contributed by atoms with Crippen LogP contribution in [0.25, 0.3) is 11.1 Å². The Labute approximate surface area is 143 Å². The SMILES string of the molecule is CCC(=O)NCC1CN(c2ccc3c(c2)oc(=NOC)n3C)C(=O)O1. The van der Waals surface area contributed by atoms with Crippen molar-refractivity contribution in [3.05, 3.63) is 23.9 Å². The first kappa shape index (κ1) is 16.9. The fraction of sp³-hybridized carbons (Fsp3) is 0.438. The Balaban J connectivity index is 1.80. The lowest BCUT2D eigenvalue weighted by Crippen LogP contribution is -2.34. The van der Waals surface area contributed by atoms with Gasteiger partial charge in [0.1, 0.15) is 13.2 Å². The highest BCUT2D eigenvalue weighted by atomic mass is 16.6. The van der Waals surface area contributed by atoms with Gasteiger partial charge in [-0.05, 0) is 17.3 Å². The predicted octanol–water partition coefficient (Wildman–Crippen LogP) is 1.08. The number of nitrogens with zero attached hydrogens (tertiary/aromatic N) is 3. The number of hydrogen-bond donors (Lipinski definition) is 1. The molecule has 0 saturated carbocycles. The lowest BCUT2D eigenvalue weighted by molar-refractivity contribution is -0.121. The second-order valence-electron chi connectivity index (χ2n) is 5.64. The van der Waals surface area contributed by atoms with Crippen LogP contribution in [-0.2, 0) is 21.4 Å². The summed E-state index contributed by atoms with van der Waals surface area (Å²) in [6.07, 6.45) is -0.441. The minimum atomic E-state index is -0.451. The third kappa shape index (κ3) is 3.30. The molecule has 1 aromatic carbocycles. The zero-order valence-electron chi connectivity index (χ0n) is 14.3. The van der Waals surface area contributed by atoms with Crippen LogP contribution in [0.2, 0.25) is 0 Å². The standard InChI is InChI=1S/C16H20N4O5/c1-4-14(21)17-8-11-9-20(16(22)24-11)10-5-6-12-13(7-10)25-15(18-23-3)19(12)2/h5-7,11H,4,8-9H2,1-3H3,(H,17,21). The molecular formula is C16H20N4O5. The molecule has 9 heteroatoms. The van der Waals surface area contributed by atoms with E-state index in [1.807, 2.05) is 12.1 Å². The fourth-order valence-corrected chi connectivity index (χ4v) is 2.65. The van der Waals surface area contributed by atoms with E-state index in [1.165, 1.54) is 12.0 Å². The number of oxazole rings is 1. The first-order valence-corrected chi connectivity index (χ1v) is 7.95. The van der Waals surface area contributed by atoms with Gasteiger partial charge in [0.25, 0.3) is 0 Å². The summed E-state index contributed by atoms with van der Waals surface area (Å²) in [5, 5.41) is 6.53. The normalized spacial score (nSPS) is 17.9. The molecule has 2 heterocycles. The average molecular weight is 348 g/mol. The van der Waals surface area contributed by atoms with Gasteiger partial charge < -0.3 is 19.3 Å². The fourth-order valence-electron chi connectivity index (χ4n) is 2.65. The van der Waals surface area contributed by atoms with Gasteiger partial charge in [-0.25, -0.2) is 4.79 Å². The highest BCUT2D eigenvalue weighted by Gasteiger charge is 2.32. The Hall–Kier alpha value is -2.97. The van der Waals surface area contributed by atoms with Crippen molar-refractivity contribution in [2.75, 3.05) is 25.1 Å². The molecule has 3 rings (SSSR count). The van der Waals surface area contributed by atoms with Gasteiger partial charge in [0.05, 0.1) is 24.3 Å². The number of carbonyl (C=O) groups excluding carboxylic acids is 2. The van der Waals surface area contributed by atoms with E-state index in [0.29, 0.717) is 36.5 Å². The molecule has 1 N–H and O–H groups in total. The van der Waals surface area contributed by atoms with Crippen LogP contribution in [0.15, 0.2) is 27.8 Å². The van der Waals surface area contributed by atoms with Crippen LogP contribution in [0.3, 0.4) is 0 Å². The summed E-state index contributed by atoms with van der Waals surface area (Å²) < 4.78 is 12.7. The molecule has 1 aliphatic heterocycles. The number of carbonyl (C=O) groups is 2. The minimum absolute atomic E-state index is 0.0755. The molecule has 9 nitrogen and oxygen atoms in total. The van der Waals surface area contributed by atoms with Gasteiger partial charge in [-0.1, -0.05) is 6.92 Å². The maximum atomic E-state index is 12.1. The number of fused-ring (bicyclic) bond motifs is 1. The number of amides is 2. The Morgan fingerprint density at radius 3 is 3.00 bits per heavy atom. The molecule has 1 unspecified atom stereocenters. The molecule has 2 amide bonds. The monoisotopic (exact) mass is 348 g/mol. The second kappa shape index (κ2) is 6.88. The number of cyclic esters (lactones) is 1. The molecular weight excluding hydrogens is 328 g/mol. The number of rotatable bonds is 5. The van der Waals surface area contributed by atoms with Gasteiger partial charge in [-0.15, -0.1) is 0 Å². The van der Waals surface area contributed by atoms with E-state index in [9.17, 15) is 9.59 Å². The third-order valence-electron chi connectivity index (χ3n) is 4.00. The van der Waals surface area contributed by atoms with E-state index in [-0.39, 0.29) is 12.0 Å². The molecule has 0 spiro atoms. The highest BCUT2D eigenvalue weighted by molar-refractivity contribution is 5.92. The molecule has 1 aliphatic rings. The van der Waals surface area contributed by atoms with Crippen LogP contribution in [0.5, 0.6) is 0 Å². The van der Waals surface area contributed by atoms with Crippen LogP contribution in [0.4, 0.5) is 10.5 Å². The largest absolute Gasteiger partial charge is 0.442 e. The molecule has 2 aromatic rings. The average Bonchev–Trinajstić information content (AvgIpc) is 3.13. The van der Waals surface area contributed by atoms with E-state index < -0.39 is 6.09 Å². The minimum Gasteiger partial charge on any atom is -0.442 e. The molecule has 0 aliphatic carbocycles. The first-order valence-electron chi connectivity index (χ1n) is 7.95. The number of aromatic nitrogens is 1. The maximum Gasteiger partial charge on any atom is 0.414 e. The summed E-state index contributed by atoms with van der Waals surface area (Å²) in [6.45, 7) is 2.42. The summed E-state index contributed by atoms with van der Waals surface area (Å²) in [5.74, 6) is -0.0755. The van der Waals surface area contributed by atoms with Gasteiger partial charge in [0, 0.05) is 19.5 Å². The number of benzene rings is 1. The highest BCUT2D eigenvalue weighted by Crippen LogP contribution is 2.25. The lowest BCUT2D eigenvalue weighted by atomic mass is 10.2. The molecule has 25 heavy (non-hydrogen) atoms. The molecule has 0 bridgehead atoms. The van der Waals surface area contributed by atoms with E-state index in [0.717, 1.165) is 5.52 Å². The van der Waals surface area contributed by atoms with E-state index >= 15 is 0 Å². The van der Waals surface area contributed by atoms with Crippen molar-refractivity contribution in [3.8, 4) is 0 Å². The Morgan fingerprint density at radius 1 is 1.48 bits per heavy atom. The van der Waals surface area contributed by atoms with Crippen molar-refractivity contribution in [1.82, 2.24) is 9.88 Å². The van der Waals surface area contributed by atoms with Crippen molar-refractivity contribution in [3.63, 3.8) is 0 Å². The van der Waals surface area contributed by atoms with Gasteiger partial charge in [-0.2, -0.15) is 0 Å². The van der Waals surface area contributed by atoms with E-state index in [4.69, 9.17) is 14.0 Å². The summed E-state index contributed by atoms with van der Waals surface area (Å²) in [6, 6.07) is 5.39. The van der Waals surface area contributed by atoms with Crippen LogP contribution in [0, 0.1) is 0 Å². The Kier molecular flexibility index (Phi) is 4.64. The molecule has 0 radical (unpaired) electrons. The van der Waals surface area contributed by atoms with Crippen molar-refractivity contribution >= 4 is 28.8 Å². The number of nitrogens with one attached hydrogen (secondary N) is 1. The van der Waals surface area contributed by atoms with Gasteiger partial charge in [-0.3, -0.25) is 14.3 Å². The van der Waals surface area contributed by atoms with Crippen molar-refractivity contribution < 1.29 is 23.6 Å². The van der Waals surface area contributed by atoms with Crippen LogP contribution in [0.1, 0.15) is 13.3 Å². The summed E-state index contributed by atoms with van der Waals surface area (Å²) in [5.41, 5.74) is 2.36. The molecule has 1 saturated heterocycles. The van der Waals surface area contributed by atoms with Crippen molar-refractivity contribution in [2.45, 2.75) is 19.4 Å². The van der Waals surface area contributed by atoms with Crippen molar-refractivity contribution in [2.24, 2.45) is 12.2 Å². The Bertz CT molecular complexity index is 869. The maximum absolute atomic E-state index is 12.1. The second-order valence-corrected chi connectivity index (χ2v) is 5.64. The van der Waals surface area contributed by atoms with Crippen LogP contribution >= 0.6 is 0 Å². The van der Waals surface area contributed by atoms with Crippen LogP contribution < -0.4 is 15.9 Å². The molecule has 1 aromatic heterocycles. The summed E-state index contributed by atoms with van der Waals surface area (Å²) in [7, 11) is 3.25. The van der Waals surface area contributed by atoms with Crippen molar-refractivity contribution in [1.29, 1.82) is 0 Å². The zero-order chi connectivity index (χ0) is 18.0. The van der Waals surface area contributed by atoms with E-state index in [2.05, 4.69) is 10.5 Å². The number of aryl methyl sites for hydroxylation is 1. The molecule has 1 fully saturated rings. The zero-order valence-corrected chi connectivity index (χ0v) is 14.3. The quantitative estimate of drug-likeness (QED) is 0.816. The Morgan fingerprint density at radius 2 is 2.28 bits per heavy atom. The topological polar surface area (TPSA) is 98.3 Å². The number of anilines is 1. The van der Waals surface area contributed by atoms with Gasteiger partial charge in [0.15, 0.2) is 5.58 Å². The predicted molar refractivity (Wildman–Crippen MR) is 88.7 cm³/mol. The first-order chi connectivity index (χ1) is 12.0. The van der Waals surface area contributed by atoms with E-state index in [1.54, 1.807) is 24.6 Å². The molecule has 134 valence electrons. The molecule has 1 atom stereocenters. The number of hydrogen-bond acceptors (Lipinski definition) is 6. The van der Waals surface area contributed by atoms with Gasteiger partial charge >= 0.3 is 11.8 Å². The summed E-state index contributed by atoms with van der Waals surface area (Å²) >= 11 is 0. The summed E-state index contributed by atoms with van der Waals surface area (Å²) in [4.78, 5) is 29.7. The lowest BCUT2D eigenvalue weighted by Gasteiger charge is -2.13. The smallest absolute Gasteiger partial charge is 0.414 e. The third-order valence-corrected chi connectivity index (χ3v) is 4.00. The number of ether oxygens (including phenoxy) is 1. The van der Waals surface area contributed by atoms with Gasteiger partial charge in [0.2, 0.25) is 5.91 Å².